The van der Waals surface area contributed by atoms with Gasteiger partial charge in [-0.3, -0.25) is 0 Å². The van der Waals surface area contributed by atoms with E-state index in [1.54, 1.807) is 54.6 Å². The number of rotatable bonds is 8. The first-order valence-electron chi connectivity index (χ1n) is 10.9. The SMILES string of the molecule is CS(=O)(=O)CNc1ccc2c(O)c(N=Nc3ccccc3)c(S(C)(=O)=O)cc2c1N=Nc1ccccc1. The minimum atomic E-state index is -3.89. The van der Waals surface area contributed by atoms with Gasteiger partial charge in [0.25, 0.3) is 0 Å². The molecule has 37 heavy (non-hydrogen) atoms. The third-order valence-corrected chi connectivity index (χ3v) is 6.95. The molecule has 12 heteroatoms. The number of anilines is 1. The van der Waals surface area contributed by atoms with E-state index >= 15 is 0 Å². The van der Waals surface area contributed by atoms with Crippen LogP contribution in [0.25, 0.3) is 10.8 Å². The molecular formula is C25H23N5O5S2. The van der Waals surface area contributed by atoms with Crippen molar-refractivity contribution < 1.29 is 21.9 Å². The van der Waals surface area contributed by atoms with E-state index in [1.165, 1.54) is 18.2 Å². The first-order valence-corrected chi connectivity index (χ1v) is 14.9. The highest BCUT2D eigenvalue weighted by molar-refractivity contribution is 7.91. The normalized spacial score (nSPS) is 12.5. The van der Waals surface area contributed by atoms with Crippen molar-refractivity contribution in [3.8, 4) is 5.75 Å². The molecule has 0 aliphatic carbocycles. The van der Waals surface area contributed by atoms with E-state index in [4.69, 9.17) is 0 Å². The zero-order chi connectivity index (χ0) is 26.6. The van der Waals surface area contributed by atoms with Crippen LogP contribution in [-0.4, -0.2) is 40.3 Å². The molecular weight excluding hydrogens is 514 g/mol. The van der Waals surface area contributed by atoms with Crippen LogP contribution >= 0.6 is 0 Å². The van der Waals surface area contributed by atoms with E-state index in [1.807, 2.05) is 6.07 Å². The number of sulfone groups is 2. The number of nitrogens with one attached hydrogen (secondary N) is 1. The lowest BCUT2D eigenvalue weighted by molar-refractivity contribution is 0.481. The predicted octanol–water partition coefficient (Wildman–Crippen LogP) is 6.19. The number of nitrogens with zero attached hydrogens (tertiary/aromatic N) is 4. The summed E-state index contributed by atoms with van der Waals surface area (Å²) in [6.45, 7) is 0. The number of phenols is 1. The molecule has 4 aromatic carbocycles. The number of phenolic OH excluding ortho intramolecular Hbond substituents is 1. The summed E-state index contributed by atoms with van der Waals surface area (Å²) < 4.78 is 49.0. The molecule has 4 aromatic rings. The van der Waals surface area contributed by atoms with Gasteiger partial charge in [0.05, 0.1) is 22.0 Å². The molecule has 0 aromatic heterocycles. The van der Waals surface area contributed by atoms with Crippen molar-refractivity contribution in [2.45, 2.75) is 4.90 Å². The molecule has 0 aliphatic heterocycles. The van der Waals surface area contributed by atoms with Crippen molar-refractivity contribution >= 4 is 58.9 Å². The average Bonchev–Trinajstić information content (AvgIpc) is 2.85. The minimum absolute atomic E-state index is 0.150. The van der Waals surface area contributed by atoms with Gasteiger partial charge in [-0.2, -0.15) is 10.2 Å². The Morgan fingerprint density at radius 3 is 1.76 bits per heavy atom. The largest absolute Gasteiger partial charge is 0.505 e. The summed E-state index contributed by atoms with van der Waals surface area (Å²) >= 11 is 0. The predicted molar refractivity (Wildman–Crippen MR) is 143 cm³/mol. The van der Waals surface area contributed by atoms with Gasteiger partial charge in [0, 0.05) is 23.3 Å². The quantitative estimate of drug-likeness (QED) is 0.256. The first kappa shape index (κ1) is 25.9. The van der Waals surface area contributed by atoms with Crippen molar-refractivity contribution in [1.82, 2.24) is 0 Å². The van der Waals surface area contributed by atoms with E-state index in [0.717, 1.165) is 12.5 Å². The van der Waals surface area contributed by atoms with Crippen LogP contribution in [0.1, 0.15) is 0 Å². The van der Waals surface area contributed by atoms with Gasteiger partial charge in [-0.25, -0.2) is 16.8 Å². The van der Waals surface area contributed by atoms with Crippen molar-refractivity contribution in [2.75, 3.05) is 23.7 Å². The average molecular weight is 538 g/mol. The van der Waals surface area contributed by atoms with Crippen molar-refractivity contribution in [2.24, 2.45) is 20.5 Å². The number of aromatic hydroxyl groups is 1. The fraction of sp³-hybridized carbons (Fsp3) is 0.120. The van der Waals surface area contributed by atoms with Gasteiger partial charge >= 0.3 is 0 Å². The van der Waals surface area contributed by atoms with Gasteiger partial charge in [-0.1, -0.05) is 36.4 Å². The van der Waals surface area contributed by atoms with E-state index in [2.05, 4.69) is 25.8 Å². The van der Waals surface area contributed by atoms with Crippen LogP contribution in [0.3, 0.4) is 0 Å². The van der Waals surface area contributed by atoms with E-state index in [0.29, 0.717) is 11.4 Å². The van der Waals surface area contributed by atoms with Crippen LogP contribution in [0.15, 0.2) is 104 Å². The molecule has 0 amide bonds. The molecule has 0 atom stereocenters. The van der Waals surface area contributed by atoms with E-state index in [-0.39, 0.29) is 38.6 Å². The van der Waals surface area contributed by atoms with E-state index < -0.39 is 25.4 Å². The van der Waals surface area contributed by atoms with Gasteiger partial charge < -0.3 is 10.4 Å². The molecule has 0 bridgehead atoms. The third-order valence-electron chi connectivity index (χ3n) is 5.17. The Hall–Kier alpha value is -4.16. The molecule has 0 fully saturated rings. The summed E-state index contributed by atoms with van der Waals surface area (Å²) in [5.41, 5.74) is 1.21. The number of fused-ring (bicyclic) bond motifs is 1. The number of hydrogen-bond donors (Lipinski definition) is 2. The topological polar surface area (TPSA) is 150 Å². The van der Waals surface area contributed by atoms with Gasteiger partial charge in [0.2, 0.25) is 0 Å². The maximum atomic E-state index is 12.7. The van der Waals surface area contributed by atoms with Crippen molar-refractivity contribution in [1.29, 1.82) is 0 Å². The van der Waals surface area contributed by atoms with Crippen molar-refractivity contribution in [3.05, 3.63) is 78.9 Å². The van der Waals surface area contributed by atoms with Crippen molar-refractivity contribution in [3.63, 3.8) is 0 Å². The van der Waals surface area contributed by atoms with Crippen LogP contribution in [0.4, 0.5) is 28.4 Å². The number of hydrogen-bond acceptors (Lipinski definition) is 10. The van der Waals surface area contributed by atoms with Gasteiger partial charge in [-0.15, -0.1) is 10.2 Å². The summed E-state index contributed by atoms with van der Waals surface area (Å²) in [7, 11) is -7.28. The molecule has 2 N–H and O–H groups in total. The highest BCUT2D eigenvalue weighted by Gasteiger charge is 2.23. The maximum Gasteiger partial charge on any atom is 0.177 e. The maximum absolute atomic E-state index is 12.7. The molecule has 10 nitrogen and oxygen atoms in total. The Morgan fingerprint density at radius 2 is 1.24 bits per heavy atom. The molecule has 0 heterocycles. The third kappa shape index (κ3) is 6.35. The van der Waals surface area contributed by atoms with Gasteiger partial charge in [0.1, 0.15) is 17.3 Å². The Labute approximate surface area is 214 Å². The second-order valence-electron chi connectivity index (χ2n) is 8.22. The van der Waals surface area contributed by atoms with Crippen LogP contribution in [0, 0.1) is 0 Å². The molecule has 0 unspecified atom stereocenters. The standard InChI is InChI=1S/C25H23N5O5S2/c1-36(32,33)16-26-21-14-13-19-20(23(21)29-27-17-9-5-3-6-10-17)15-22(37(2,34)35)24(25(19)31)30-28-18-11-7-4-8-12-18/h3-15,26,31H,16H2,1-2H3. The Bertz CT molecular complexity index is 1720. The summed E-state index contributed by atoms with van der Waals surface area (Å²) in [5, 5.41) is 31.0. The Morgan fingerprint density at radius 1 is 0.703 bits per heavy atom. The van der Waals surface area contributed by atoms with Gasteiger partial charge in [-0.05, 0) is 42.5 Å². The second kappa shape index (κ2) is 10.4. The highest BCUT2D eigenvalue weighted by Crippen LogP contribution is 2.46. The molecule has 0 radical (unpaired) electrons. The fourth-order valence-electron chi connectivity index (χ4n) is 3.45. The lowest BCUT2D eigenvalue weighted by Crippen LogP contribution is -2.12. The Kier molecular flexibility index (Phi) is 7.32. The zero-order valence-electron chi connectivity index (χ0n) is 19.9. The number of benzene rings is 4. The zero-order valence-corrected chi connectivity index (χ0v) is 21.5. The summed E-state index contributed by atoms with van der Waals surface area (Å²) in [4.78, 5) is -0.270. The molecule has 0 saturated carbocycles. The molecule has 190 valence electrons. The molecule has 0 aliphatic rings. The van der Waals surface area contributed by atoms with Crippen LogP contribution in [-0.2, 0) is 19.7 Å². The molecule has 0 spiro atoms. The summed E-state index contributed by atoms with van der Waals surface area (Å²) in [5.74, 6) is -0.802. The first-order chi connectivity index (χ1) is 17.5. The fourth-order valence-corrected chi connectivity index (χ4v) is 4.69. The summed E-state index contributed by atoms with van der Waals surface area (Å²) in [6.07, 6.45) is 2.07. The molecule has 0 saturated heterocycles. The van der Waals surface area contributed by atoms with E-state index in [9.17, 15) is 21.9 Å². The number of azo groups is 2. The Balaban J connectivity index is 1.96. The second-order valence-corrected chi connectivity index (χ2v) is 12.3. The minimum Gasteiger partial charge on any atom is -0.505 e. The lowest BCUT2D eigenvalue weighted by Gasteiger charge is -2.14. The summed E-state index contributed by atoms with van der Waals surface area (Å²) in [6, 6.07) is 21.9. The smallest absolute Gasteiger partial charge is 0.177 e. The molecule has 4 rings (SSSR count). The highest BCUT2D eigenvalue weighted by atomic mass is 32.2. The van der Waals surface area contributed by atoms with Crippen LogP contribution < -0.4 is 5.32 Å². The van der Waals surface area contributed by atoms with Crippen LogP contribution in [0.2, 0.25) is 0 Å². The monoisotopic (exact) mass is 537 g/mol. The lowest BCUT2D eigenvalue weighted by atomic mass is 10.1. The van der Waals surface area contributed by atoms with Gasteiger partial charge in [0.15, 0.2) is 25.4 Å². The van der Waals surface area contributed by atoms with Crippen LogP contribution in [0.5, 0.6) is 5.75 Å².